The van der Waals surface area contributed by atoms with Gasteiger partial charge in [-0.05, 0) is 37.5 Å². The maximum atomic E-state index is 12.4. The second kappa shape index (κ2) is 7.13. The lowest BCUT2D eigenvalue weighted by Gasteiger charge is -2.29. The van der Waals surface area contributed by atoms with Crippen molar-refractivity contribution in [1.29, 1.82) is 0 Å². The molecule has 8 heteroatoms. The molecule has 1 aromatic rings. The zero-order valence-corrected chi connectivity index (χ0v) is 15.2. The van der Waals surface area contributed by atoms with Crippen LogP contribution in [-0.4, -0.2) is 49.3 Å². The van der Waals surface area contributed by atoms with Gasteiger partial charge in [0.05, 0.1) is 18.0 Å². The fourth-order valence-electron chi connectivity index (χ4n) is 3.32. The number of hydrazone groups is 1. The number of benzene rings is 1. The van der Waals surface area contributed by atoms with Gasteiger partial charge in [0.25, 0.3) is 10.0 Å². The second-order valence-electron chi connectivity index (χ2n) is 6.60. The SMILES string of the molecule is CCN(/C=N/S(=O)(=O)c1ccc(CO)cc1)N1CC2(C=N1)CCCC2. The van der Waals surface area contributed by atoms with Gasteiger partial charge in [0.1, 0.15) is 6.34 Å². The molecule has 1 heterocycles. The zero-order valence-electron chi connectivity index (χ0n) is 14.4. The van der Waals surface area contributed by atoms with E-state index in [1.807, 2.05) is 13.1 Å². The molecule has 1 fully saturated rings. The van der Waals surface area contributed by atoms with E-state index in [-0.39, 0.29) is 16.9 Å². The minimum atomic E-state index is -3.78. The summed E-state index contributed by atoms with van der Waals surface area (Å²) < 4.78 is 28.6. The van der Waals surface area contributed by atoms with Crippen molar-refractivity contribution in [2.45, 2.75) is 44.1 Å². The summed E-state index contributed by atoms with van der Waals surface area (Å²) in [6, 6.07) is 6.06. The number of hydrogen-bond donors (Lipinski definition) is 1. The van der Waals surface area contributed by atoms with E-state index in [0.29, 0.717) is 12.1 Å². The molecular formula is C17H24N4O3S. The summed E-state index contributed by atoms with van der Waals surface area (Å²) in [4.78, 5) is 0.106. The van der Waals surface area contributed by atoms with E-state index in [1.165, 1.54) is 31.3 Å². The summed E-state index contributed by atoms with van der Waals surface area (Å²) in [5, 5.41) is 17.0. The fraction of sp³-hybridized carbons (Fsp3) is 0.529. The number of nitrogens with zero attached hydrogens (tertiary/aromatic N) is 4. The highest BCUT2D eigenvalue weighted by Crippen LogP contribution is 2.40. The lowest BCUT2D eigenvalue weighted by Crippen LogP contribution is -2.40. The van der Waals surface area contributed by atoms with Gasteiger partial charge in [-0.15, -0.1) is 4.40 Å². The van der Waals surface area contributed by atoms with Crippen LogP contribution in [-0.2, 0) is 16.6 Å². The summed E-state index contributed by atoms with van der Waals surface area (Å²) in [6.07, 6.45) is 8.06. The Bertz CT molecular complexity index is 753. The first kappa shape index (κ1) is 17.9. The Labute approximate surface area is 148 Å². The lowest BCUT2D eigenvalue weighted by molar-refractivity contribution is 0.0498. The molecule has 1 aliphatic heterocycles. The Hall–Kier alpha value is -1.93. The molecule has 1 spiro atoms. The summed E-state index contributed by atoms with van der Waals surface area (Å²) in [5.41, 5.74) is 0.798. The molecule has 0 bridgehead atoms. The minimum Gasteiger partial charge on any atom is -0.392 e. The van der Waals surface area contributed by atoms with Crippen LogP contribution in [0.4, 0.5) is 0 Å². The van der Waals surface area contributed by atoms with E-state index in [2.05, 4.69) is 9.50 Å². The summed E-state index contributed by atoms with van der Waals surface area (Å²) >= 11 is 0. The van der Waals surface area contributed by atoms with Crippen molar-refractivity contribution in [3.8, 4) is 0 Å². The first-order chi connectivity index (χ1) is 12.0. The predicted molar refractivity (Wildman–Crippen MR) is 96.5 cm³/mol. The van der Waals surface area contributed by atoms with Crippen LogP contribution in [0.25, 0.3) is 0 Å². The molecule has 2 aliphatic rings. The predicted octanol–water partition coefficient (Wildman–Crippen LogP) is 1.99. The van der Waals surface area contributed by atoms with Crippen LogP contribution in [0, 0.1) is 5.41 Å². The Morgan fingerprint density at radius 1 is 1.32 bits per heavy atom. The van der Waals surface area contributed by atoms with Crippen molar-refractivity contribution in [3.05, 3.63) is 29.8 Å². The lowest BCUT2D eigenvalue weighted by atomic mass is 9.89. The highest BCUT2D eigenvalue weighted by molar-refractivity contribution is 7.90. The number of aliphatic hydroxyl groups excluding tert-OH is 1. The fourth-order valence-corrected chi connectivity index (χ4v) is 4.16. The highest BCUT2D eigenvalue weighted by atomic mass is 32.2. The van der Waals surface area contributed by atoms with Crippen molar-refractivity contribution in [3.63, 3.8) is 0 Å². The Morgan fingerprint density at radius 3 is 2.60 bits per heavy atom. The topological polar surface area (TPSA) is 85.6 Å². The van der Waals surface area contributed by atoms with Crippen molar-refractivity contribution >= 4 is 22.6 Å². The van der Waals surface area contributed by atoms with E-state index in [4.69, 9.17) is 5.11 Å². The second-order valence-corrected chi connectivity index (χ2v) is 8.23. The maximum Gasteiger partial charge on any atom is 0.283 e. The molecule has 0 unspecified atom stereocenters. The molecule has 136 valence electrons. The number of rotatable bonds is 6. The van der Waals surface area contributed by atoms with E-state index >= 15 is 0 Å². The average molecular weight is 364 g/mol. The molecule has 7 nitrogen and oxygen atoms in total. The van der Waals surface area contributed by atoms with Crippen LogP contribution >= 0.6 is 0 Å². The number of sulfonamides is 1. The van der Waals surface area contributed by atoms with Crippen LogP contribution in [0.3, 0.4) is 0 Å². The van der Waals surface area contributed by atoms with Gasteiger partial charge in [-0.1, -0.05) is 25.0 Å². The van der Waals surface area contributed by atoms with Crippen LogP contribution in [0.5, 0.6) is 0 Å². The molecule has 0 radical (unpaired) electrons. The standard InChI is InChI=1S/C17H24N4O3S/c1-2-20(21-13-17(12-18-21)9-3-4-10-17)14-19-25(23,24)16-7-5-15(11-22)6-8-16/h5-8,12,14,22H,2-4,9-11,13H2,1H3/b19-14+. The smallest absolute Gasteiger partial charge is 0.283 e. The first-order valence-corrected chi connectivity index (χ1v) is 10.0. The molecular weight excluding hydrogens is 340 g/mol. The molecule has 3 rings (SSSR count). The van der Waals surface area contributed by atoms with Gasteiger partial charge in [0.2, 0.25) is 0 Å². The van der Waals surface area contributed by atoms with Crippen LogP contribution in [0.2, 0.25) is 0 Å². The third-order valence-corrected chi connectivity index (χ3v) is 6.10. The van der Waals surface area contributed by atoms with Gasteiger partial charge in [-0.2, -0.15) is 13.5 Å². The Morgan fingerprint density at radius 2 is 2.00 bits per heavy atom. The van der Waals surface area contributed by atoms with Gasteiger partial charge in [-0.25, -0.2) is 5.12 Å². The first-order valence-electron chi connectivity index (χ1n) is 8.57. The maximum absolute atomic E-state index is 12.4. The van der Waals surface area contributed by atoms with Crippen molar-refractivity contribution in [2.24, 2.45) is 14.9 Å². The summed E-state index contributed by atoms with van der Waals surface area (Å²) in [5.74, 6) is 0. The van der Waals surface area contributed by atoms with Crippen LogP contribution < -0.4 is 0 Å². The number of aliphatic hydroxyl groups is 1. The highest BCUT2D eigenvalue weighted by Gasteiger charge is 2.39. The zero-order chi connectivity index (χ0) is 17.9. The van der Waals surface area contributed by atoms with Gasteiger partial charge < -0.3 is 5.11 Å². The van der Waals surface area contributed by atoms with Gasteiger partial charge in [0.15, 0.2) is 0 Å². The Kier molecular flexibility index (Phi) is 5.10. The van der Waals surface area contributed by atoms with E-state index in [0.717, 1.165) is 19.4 Å². The number of hydrazine groups is 1. The minimum absolute atomic E-state index is 0.106. The molecule has 0 amide bonds. The van der Waals surface area contributed by atoms with Crippen molar-refractivity contribution in [1.82, 2.24) is 10.1 Å². The number of hydrogen-bond acceptors (Lipinski definition) is 5. The third-order valence-electron chi connectivity index (χ3n) is 4.86. The summed E-state index contributed by atoms with van der Waals surface area (Å²) in [6.45, 7) is 3.17. The van der Waals surface area contributed by atoms with Crippen molar-refractivity contribution in [2.75, 3.05) is 13.1 Å². The molecule has 1 N–H and O–H groups in total. The van der Waals surface area contributed by atoms with E-state index < -0.39 is 10.0 Å². The quantitative estimate of drug-likeness (QED) is 0.616. The van der Waals surface area contributed by atoms with Gasteiger partial charge in [0, 0.05) is 18.2 Å². The third kappa shape index (κ3) is 3.85. The van der Waals surface area contributed by atoms with E-state index in [1.54, 1.807) is 22.3 Å². The molecule has 1 aliphatic carbocycles. The molecule has 1 aromatic carbocycles. The summed E-state index contributed by atoms with van der Waals surface area (Å²) in [7, 11) is -3.78. The monoisotopic (exact) mass is 364 g/mol. The van der Waals surface area contributed by atoms with Crippen LogP contribution in [0.15, 0.2) is 38.7 Å². The van der Waals surface area contributed by atoms with Gasteiger partial charge >= 0.3 is 0 Å². The largest absolute Gasteiger partial charge is 0.392 e. The average Bonchev–Trinajstić information content (AvgIpc) is 3.26. The molecule has 0 aromatic heterocycles. The van der Waals surface area contributed by atoms with E-state index in [9.17, 15) is 8.42 Å². The Balaban J connectivity index is 1.71. The molecule has 1 saturated carbocycles. The molecule has 0 atom stereocenters. The molecule has 25 heavy (non-hydrogen) atoms. The normalized spacial score (nSPS) is 19.4. The van der Waals surface area contributed by atoms with Crippen molar-refractivity contribution < 1.29 is 13.5 Å². The van der Waals surface area contributed by atoms with Crippen LogP contribution in [0.1, 0.15) is 38.2 Å². The molecule has 0 saturated heterocycles. The van der Waals surface area contributed by atoms with Gasteiger partial charge in [-0.3, -0.25) is 5.01 Å².